The zero-order valence-electron chi connectivity index (χ0n) is 14.4. The van der Waals surface area contributed by atoms with Crippen molar-refractivity contribution in [1.29, 1.82) is 0 Å². The van der Waals surface area contributed by atoms with Gasteiger partial charge in [0.1, 0.15) is 0 Å². The summed E-state index contributed by atoms with van der Waals surface area (Å²) in [7, 11) is 1.37. The lowest BCUT2D eigenvalue weighted by Crippen LogP contribution is -2.41. The average molecular weight is 314 g/mol. The van der Waals surface area contributed by atoms with Crippen molar-refractivity contribution in [2.75, 3.05) is 0 Å². The van der Waals surface area contributed by atoms with E-state index in [1.165, 1.54) is 0 Å². The second-order valence-corrected chi connectivity index (χ2v) is 7.15. The molecule has 1 aliphatic heterocycles. The van der Waals surface area contributed by atoms with Gasteiger partial charge in [0.15, 0.2) is 0 Å². The first kappa shape index (κ1) is 16.1. The van der Waals surface area contributed by atoms with Crippen LogP contribution in [0.1, 0.15) is 33.3 Å². The van der Waals surface area contributed by atoms with Crippen molar-refractivity contribution in [2.45, 2.75) is 45.4 Å². The molecule has 1 aromatic carbocycles. The van der Waals surface area contributed by atoms with E-state index in [1.807, 2.05) is 52.0 Å². The van der Waals surface area contributed by atoms with E-state index in [0.717, 1.165) is 11.0 Å². The van der Waals surface area contributed by atoms with Gasteiger partial charge in [-0.05, 0) is 38.7 Å². The molecule has 0 unspecified atom stereocenters. The molecule has 0 amide bonds. The predicted molar refractivity (Wildman–Crippen MR) is 90.9 cm³/mol. The van der Waals surface area contributed by atoms with Crippen LogP contribution < -0.4 is 11.2 Å². The smallest absolute Gasteiger partial charge is 0.399 e. The third-order valence-corrected chi connectivity index (χ3v) is 4.85. The third kappa shape index (κ3) is 2.89. The lowest BCUT2D eigenvalue weighted by Gasteiger charge is -2.32. The molecular weight excluding hydrogens is 291 g/mol. The molecule has 1 aliphatic rings. The molecule has 0 N–H and O–H groups in total. The minimum atomic E-state index is -0.382. The van der Waals surface area contributed by atoms with Crippen LogP contribution in [0.15, 0.2) is 41.5 Å². The lowest BCUT2D eigenvalue weighted by atomic mass is 9.78. The summed E-state index contributed by atoms with van der Waals surface area (Å²) in [5.41, 5.74) is 1.29. The summed E-state index contributed by atoms with van der Waals surface area (Å²) in [6, 6.07) is 8.03. The van der Waals surface area contributed by atoms with Crippen LogP contribution in [0.4, 0.5) is 0 Å². The van der Waals surface area contributed by atoms with Crippen LogP contribution in [0, 0.1) is 0 Å². The van der Waals surface area contributed by atoms with Gasteiger partial charge in [-0.1, -0.05) is 24.3 Å². The molecule has 122 valence electrons. The van der Waals surface area contributed by atoms with Gasteiger partial charge in [0.2, 0.25) is 0 Å². The minimum absolute atomic E-state index is 0.0222. The molecule has 1 saturated heterocycles. The molecule has 1 aromatic heterocycles. The van der Waals surface area contributed by atoms with Crippen LogP contribution >= 0.6 is 0 Å². The van der Waals surface area contributed by atoms with Crippen molar-refractivity contribution >= 4 is 12.6 Å². The van der Waals surface area contributed by atoms with Crippen molar-refractivity contribution in [3.63, 3.8) is 0 Å². The monoisotopic (exact) mass is 314 g/mol. The fourth-order valence-corrected chi connectivity index (χ4v) is 2.64. The Labute approximate surface area is 137 Å². The van der Waals surface area contributed by atoms with Crippen LogP contribution in [0.2, 0.25) is 0 Å². The number of benzene rings is 1. The first-order valence-corrected chi connectivity index (χ1v) is 7.86. The molecular formula is C17H23BN2O3. The zero-order chi connectivity index (χ0) is 16.8. The van der Waals surface area contributed by atoms with E-state index >= 15 is 0 Å². The van der Waals surface area contributed by atoms with E-state index in [4.69, 9.17) is 9.31 Å². The first-order chi connectivity index (χ1) is 10.7. The number of aryl methyl sites for hydroxylation is 1. The lowest BCUT2D eigenvalue weighted by molar-refractivity contribution is 0.00578. The predicted octanol–water partition coefficient (Wildman–Crippen LogP) is 1.53. The molecule has 2 aromatic rings. The fourth-order valence-electron chi connectivity index (χ4n) is 2.64. The van der Waals surface area contributed by atoms with Crippen molar-refractivity contribution in [3.8, 4) is 0 Å². The van der Waals surface area contributed by atoms with E-state index in [0.29, 0.717) is 6.54 Å². The summed E-state index contributed by atoms with van der Waals surface area (Å²) in [6.07, 6.45) is 3.56. The van der Waals surface area contributed by atoms with E-state index in [1.54, 1.807) is 28.6 Å². The molecule has 6 heteroatoms. The second kappa shape index (κ2) is 5.39. The van der Waals surface area contributed by atoms with Crippen molar-refractivity contribution in [3.05, 3.63) is 52.7 Å². The molecule has 23 heavy (non-hydrogen) atoms. The summed E-state index contributed by atoms with van der Waals surface area (Å²) >= 11 is 0. The van der Waals surface area contributed by atoms with Gasteiger partial charge in [-0.3, -0.25) is 4.57 Å². The van der Waals surface area contributed by atoms with Gasteiger partial charge in [-0.15, -0.1) is 0 Å². The van der Waals surface area contributed by atoms with Gasteiger partial charge in [-0.2, -0.15) is 0 Å². The Bertz CT molecular complexity index is 760. The van der Waals surface area contributed by atoms with E-state index < -0.39 is 0 Å². The average Bonchev–Trinajstić information content (AvgIpc) is 2.89. The molecule has 0 spiro atoms. The fraction of sp³-hybridized carbons (Fsp3) is 0.471. The van der Waals surface area contributed by atoms with E-state index in [-0.39, 0.29) is 24.0 Å². The summed E-state index contributed by atoms with van der Waals surface area (Å²) < 4.78 is 15.4. The normalized spacial score (nSPS) is 19.3. The largest absolute Gasteiger partial charge is 0.494 e. The Kier molecular flexibility index (Phi) is 3.77. The number of nitrogens with zero attached hydrogens (tertiary/aromatic N) is 2. The first-order valence-electron chi connectivity index (χ1n) is 7.86. The quantitative estimate of drug-likeness (QED) is 0.807. The van der Waals surface area contributed by atoms with E-state index in [9.17, 15) is 4.79 Å². The van der Waals surface area contributed by atoms with Gasteiger partial charge >= 0.3 is 12.8 Å². The second-order valence-electron chi connectivity index (χ2n) is 7.15. The van der Waals surface area contributed by atoms with Crippen molar-refractivity contribution in [2.24, 2.45) is 7.05 Å². The topological polar surface area (TPSA) is 45.4 Å². The maximum Gasteiger partial charge on any atom is 0.494 e. The van der Waals surface area contributed by atoms with Gasteiger partial charge in [-0.25, -0.2) is 4.79 Å². The summed E-state index contributed by atoms with van der Waals surface area (Å²) in [6.45, 7) is 8.70. The van der Waals surface area contributed by atoms with Crippen LogP contribution in [0.25, 0.3) is 0 Å². The Morgan fingerprint density at radius 2 is 1.74 bits per heavy atom. The molecule has 0 aliphatic carbocycles. The SMILES string of the molecule is Cn1ccn(Cc2cccc(B3OC(C)(C)C(C)(C)O3)c2)c1=O. The number of hydrogen-bond acceptors (Lipinski definition) is 3. The Hall–Kier alpha value is -1.79. The van der Waals surface area contributed by atoms with Crippen LogP contribution in [0.5, 0.6) is 0 Å². The van der Waals surface area contributed by atoms with Gasteiger partial charge in [0.25, 0.3) is 0 Å². The highest BCUT2D eigenvalue weighted by molar-refractivity contribution is 6.62. The molecule has 0 atom stereocenters. The standard InChI is InChI=1S/C17H23BN2O3/c1-16(2)17(3,4)23-18(22-16)14-8-6-7-13(11-14)12-20-10-9-19(5)15(20)21/h6-11H,12H2,1-5H3. The molecule has 0 bridgehead atoms. The van der Waals surface area contributed by atoms with Gasteiger partial charge in [0, 0.05) is 19.4 Å². The third-order valence-electron chi connectivity index (χ3n) is 4.85. The Morgan fingerprint density at radius 3 is 2.30 bits per heavy atom. The number of imidazole rings is 1. The van der Waals surface area contributed by atoms with Crippen molar-refractivity contribution in [1.82, 2.24) is 9.13 Å². The van der Waals surface area contributed by atoms with E-state index in [2.05, 4.69) is 0 Å². The maximum atomic E-state index is 12.0. The number of hydrogen-bond donors (Lipinski definition) is 0. The summed E-state index contributed by atoms with van der Waals surface area (Å²) in [4.78, 5) is 12.0. The Morgan fingerprint density at radius 1 is 1.09 bits per heavy atom. The maximum absolute atomic E-state index is 12.0. The Balaban J connectivity index is 1.84. The van der Waals surface area contributed by atoms with Crippen LogP contribution in [-0.2, 0) is 22.9 Å². The zero-order valence-corrected chi connectivity index (χ0v) is 14.4. The number of rotatable bonds is 3. The van der Waals surface area contributed by atoms with Gasteiger partial charge in [0.05, 0.1) is 17.7 Å². The molecule has 0 saturated carbocycles. The van der Waals surface area contributed by atoms with Crippen molar-refractivity contribution < 1.29 is 9.31 Å². The van der Waals surface area contributed by atoms with Gasteiger partial charge < -0.3 is 13.9 Å². The highest BCUT2D eigenvalue weighted by atomic mass is 16.7. The molecule has 3 rings (SSSR count). The molecule has 2 heterocycles. The molecule has 5 nitrogen and oxygen atoms in total. The summed E-state index contributed by atoms with van der Waals surface area (Å²) in [5, 5.41) is 0. The highest BCUT2D eigenvalue weighted by Crippen LogP contribution is 2.36. The highest BCUT2D eigenvalue weighted by Gasteiger charge is 2.51. The van der Waals surface area contributed by atoms with Crippen LogP contribution in [0.3, 0.4) is 0 Å². The minimum Gasteiger partial charge on any atom is -0.399 e. The molecule has 1 fully saturated rings. The van der Waals surface area contributed by atoms with Crippen LogP contribution in [-0.4, -0.2) is 27.5 Å². The summed E-state index contributed by atoms with van der Waals surface area (Å²) in [5.74, 6) is 0. The molecule has 0 radical (unpaired) electrons. The number of aromatic nitrogens is 2.